The summed E-state index contributed by atoms with van der Waals surface area (Å²) >= 11 is 3.33. The fraction of sp³-hybridized carbons (Fsp3) is 0.308. The molecule has 2 aromatic rings. The number of amides is 1. The molecule has 0 aliphatic rings. The van der Waals surface area contributed by atoms with E-state index in [-0.39, 0.29) is 5.82 Å². The zero-order valence-electron chi connectivity index (χ0n) is 11.0. The Kier molecular flexibility index (Phi) is 4.51. The first-order valence-corrected chi connectivity index (χ1v) is 6.81. The normalized spacial score (nSPS) is 13.8. The molecule has 106 valence electrons. The molecule has 0 bridgehead atoms. The topological polar surface area (TPSA) is 88.2 Å². The first-order chi connectivity index (χ1) is 9.47. The van der Waals surface area contributed by atoms with Crippen LogP contribution in [0.1, 0.15) is 35.1 Å². The molecule has 2 rings (SSSR count). The SMILES string of the molecule is Cc1nc(C(=O)NC(C)C(O)c2ccc(Br)cc2)no1. The number of hydrogen-bond donors (Lipinski definition) is 2. The van der Waals surface area contributed by atoms with E-state index in [2.05, 4.69) is 31.4 Å². The molecule has 0 fully saturated rings. The summed E-state index contributed by atoms with van der Waals surface area (Å²) in [6.07, 6.45) is -0.819. The molecule has 2 atom stereocenters. The molecule has 0 spiro atoms. The number of aliphatic hydroxyl groups is 1. The summed E-state index contributed by atoms with van der Waals surface area (Å²) in [6, 6.07) is 6.75. The van der Waals surface area contributed by atoms with Gasteiger partial charge in [-0.2, -0.15) is 4.98 Å². The van der Waals surface area contributed by atoms with Gasteiger partial charge in [0, 0.05) is 11.4 Å². The molecule has 0 aliphatic heterocycles. The van der Waals surface area contributed by atoms with Crippen molar-refractivity contribution in [1.29, 1.82) is 0 Å². The van der Waals surface area contributed by atoms with E-state index < -0.39 is 18.1 Å². The van der Waals surface area contributed by atoms with Gasteiger partial charge in [0.2, 0.25) is 5.89 Å². The summed E-state index contributed by atoms with van der Waals surface area (Å²) in [5, 5.41) is 16.3. The van der Waals surface area contributed by atoms with Crippen molar-refractivity contribution in [3.05, 3.63) is 46.0 Å². The van der Waals surface area contributed by atoms with Gasteiger partial charge in [-0.3, -0.25) is 4.79 Å². The zero-order chi connectivity index (χ0) is 14.7. The molecule has 7 heteroatoms. The number of carbonyl (C=O) groups excluding carboxylic acids is 1. The summed E-state index contributed by atoms with van der Waals surface area (Å²) in [4.78, 5) is 15.7. The Morgan fingerprint density at radius 2 is 2.05 bits per heavy atom. The lowest BCUT2D eigenvalue weighted by Crippen LogP contribution is -2.37. The van der Waals surface area contributed by atoms with E-state index in [0.29, 0.717) is 11.5 Å². The summed E-state index contributed by atoms with van der Waals surface area (Å²) in [5.74, 6) is -0.209. The van der Waals surface area contributed by atoms with E-state index in [4.69, 9.17) is 4.52 Å². The molecule has 0 saturated carbocycles. The number of aliphatic hydroxyl groups excluding tert-OH is 1. The van der Waals surface area contributed by atoms with E-state index in [1.807, 2.05) is 12.1 Å². The second-order valence-corrected chi connectivity index (χ2v) is 5.31. The first-order valence-electron chi connectivity index (χ1n) is 6.02. The van der Waals surface area contributed by atoms with Crippen molar-refractivity contribution in [3.8, 4) is 0 Å². The van der Waals surface area contributed by atoms with Crippen LogP contribution in [0.3, 0.4) is 0 Å². The average molecular weight is 340 g/mol. The minimum atomic E-state index is -0.819. The molecule has 20 heavy (non-hydrogen) atoms. The van der Waals surface area contributed by atoms with E-state index in [1.54, 1.807) is 26.0 Å². The lowest BCUT2D eigenvalue weighted by atomic mass is 10.0. The number of nitrogens with one attached hydrogen (secondary N) is 1. The van der Waals surface area contributed by atoms with Gasteiger partial charge in [0.25, 0.3) is 11.7 Å². The summed E-state index contributed by atoms with van der Waals surface area (Å²) in [5.41, 5.74) is 0.713. The van der Waals surface area contributed by atoms with Crippen LogP contribution in [0.2, 0.25) is 0 Å². The molecular formula is C13H14BrN3O3. The van der Waals surface area contributed by atoms with E-state index in [0.717, 1.165) is 4.47 Å². The quantitative estimate of drug-likeness (QED) is 0.889. The van der Waals surface area contributed by atoms with Gasteiger partial charge in [-0.15, -0.1) is 0 Å². The Hall–Kier alpha value is -1.73. The maximum Gasteiger partial charge on any atom is 0.293 e. The lowest BCUT2D eigenvalue weighted by molar-refractivity contribution is 0.0839. The third-order valence-corrected chi connectivity index (χ3v) is 3.30. The van der Waals surface area contributed by atoms with Crippen LogP contribution in [0, 0.1) is 6.92 Å². The van der Waals surface area contributed by atoms with Gasteiger partial charge in [0.1, 0.15) is 0 Å². The molecule has 1 heterocycles. The minimum absolute atomic E-state index is 0.0441. The van der Waals surface area contributed by atoms with Gasteiger partial charge in [0.15, 0.2) is 0 Å². The molecule has 0 saturated heterocycles. The second-order valence-electron chi connectivity index (χ2n) is 4.40. The Morgan fingerprint density at radius 3 is 2.60 bits per heavy atom. The zero-order valence-corrected chi connectivity index (χ0v) is 12.6. The molecular weight excluding hydrogens is 326 g/mol. The van der Waals surface area contributed by atoms with Gasteiger partial charge in [-0.05, 0) is 24.6 Å². The molecule has 1 amide bonds. The molecule has 1 aromatic heterocycles. The van der Waals surface area contributed by atoms with Crippen LogP contribution in [0.25, 0.3) is 0 Å². The summed E-state index contributed by atoms with van der Waals surface area (Å²) in [7, 11) is 0. The highest BCUT2D eigenvalue weighted by Crippen LogP contribution is 2.19. The Labute approximate surface area is 124 Å². The van der Waals surface area contributed by atoms with Crippen molar-refractivity contribution >= 4 is 21.8 Å². The molecule has 6 nitrogen and oxygen atoms in total. The van der Waals surface area contributed by atoms with E-state index >= 15 is 0 Å². The van der Waals surface area contributed by atoms with Gasteiger partial charge in [-0.1, -0.05) is 33.2 Å². The third-order valence-electron chi connectivity index (χ3n) is 2.77. The van der Waals surface area contributed by atoms with Gasteiger partial charge < -0.3 is 14.9 Å². The number of hydrogen-bond acceptors (Lipinski definition) is 5. The Morgan fingerprint density at radius 1 is 1.40 bits per heavy atom. The largest absolute Gasteiger partial charge is 0.386 e. The van der Waals surface area contributed by atoms with Crippen LogP contribution in [0.5, 0.6) is 0 Å². The first kappa shape index (κ1) is 14.7. The number of aromatic nitrogens is 2. The molecule has 0 aliphatic carbocycles. The fourth-order valence-corrected chi connectivity index (χ4v) is 1.95. The maximum atomic E-state index is 11.8. The molecule has 1 aromatic carbocycles. The Balaban J connectivity index is 2.02. The van der Waals surface area contributed by atoms with Gasteiger partial charge >= 0.3 is 0 Å². The number of rotatable bonds is 4. The van der Waals surface area contributed by atoms with Crippen LogP contribution in [0.4, 0.5) is 0 Å². The average Bonchev–Trinajstić information content (AvgIpc) is 2.85. The highest BCUT2D eigenvalue weighted by atomic mass is 79.9. The number of aryl methyl sites for hydroxylation is 1. The van der Waals surface area contributed by atoms with Crippen molar-refractivity contribution < 1.29 is 14.4 Å². The van der Waals surface area contributed by atoms with E-state index in [1.165, 1.54) is 0 Å². The number of carbonyl (C=O) groups is 1. The highest BCUT2D eigenvalue weighted by Gasteiger charge is 2.21. The summed E-state index contributed by atoms with van der Waals surface area (Å²) < 4.78 is 5.66. The third kappa shape index (κ3) is 3.43. The monoisotopic (exact) mass is 339 g/mol. The van der Waals surface area contributed by atoms with Crippen LogP contribution >= 0.6 is 15.9 Å². The van der Waals surface area contributed by atoms with Crippen molar-refractivity contribution in [3.63, 3.8) is 0 Å². The minimum Gasteiger partial charge on any atom is -0.386 e. The number of nitrogens with zero attached hydrogens (tertiary/aromatic N) is 2. The molecule has 2 unspecified atom stereocenters. The summed E-state index contributed by atoms with van der Waals surface area (Å²) in [6.45, 7) is 3.31. The standard InChI is InChI=1S/C13H14BrN3O3/c1-7(11(18)9-3-5-10(14)6-4-9)15-13(19)12-16-8(2)20-17-12/h3-7,11,18H,1-2H3,(H,15,19). The van der Waals surface area contributed by atoms with Crippen molar-refractivity contribution in [2.45, 2.75) is 26.0 Å². The van der Waals surface area contributed by atoms with Crippen molar-refractivity contribution in [1.82, 2.24) is 15.5 Å². The van der Waals surface area contributed by atoms with Gasteiger partial charge in [0.05, 0.1) is 12.1 Å². The smallest absolute Gasteiger partial charge is 0.293 e. The molecule has 0 radical (unpaired) electrons. The maximum absolute atomic E-state index is 11.8. The van der Waals surface area contributed by atoms with E-state index in [9.17, 15) is 9.90 Å². The van der Waals surface area contributed by atoms with Gasteiger partial charge in [-0.25, -0.2) is 0 Å². The predicted molar refractivity (Wildman–Crippen MR) is 75.1 cm³/mol. The van der Waals surface area contributed by atoms with Crippen LogP contribution in [-0.2, 0) is 0 Å². The fourth-order valence-electron chi connectivity index (χ4n) is 1.69. The van der Waals surface area contributed by atoms with Crippen LogP contribution < -0.4 is 5.32 Å². The number of benzene rings is 1. The van der Waals surface area contributed by atoms with Crippen LogP contribution in [-0.4, -0.2) is 27.2 Å². The number of halogens is 1. The molecule has 2 N–H and O–H groups in total. The predicted octanol–water partition coefficient (Wildman–Crippen LogP) is 1.99. The Bertz CT molecular complexity index is 597. The lowest BCUT2D eigenvalue weighted by Gasteiger charge is -2.19. The van der Waals surface area contributed by atoms with Crippen LogP contribution in [0.15, 0.2) is 33.3 Å². The van der Waals surface area contributed by atoms with Crippen molar-refractivity contribution in [2.75, 3.05) is 0 Å². The second kappa shape index (κ2) is 6.15. The highest BCUT2D eigenvalue weighted by molar-refractivity contribution is 9.10. The van der Waals surface area contributed by atoms with Crippen molar-refractivity contribution in [2.24, 2.45) is 0 Å².